The Labute approximate surface area is 103 Å². The van der Waals surface area contributed by atoms with Gasteiger partial charge >= 0.3 is 0 Å². The van der Waals surface area contributed by atoms with Gasteiger partial charge in [0.15, 0.2) is 5.78 Å². The molecule has 0 N–H and O–H groups in total. The number of nitrogens with zero attached hydrogens (tertiary/aromatic N) is 1. The zero-order valence-electron chi connectivity index (χ0n) is 9.13. The molecule has 1 aliphatic rings. The SMILES string of the molecule is O=C(Cc1nccs1)C1COc2ccccc21. The summed E-state index contributed by atoms with van der Waals surface area (Å²) in [5, 5.41) is 2.77. The lowest BCUT2D eigenvalue weighted by Gasteiger charge is -2.05. The summed E-state index contributed by atoms with van der Waals surface area (Å²) in [6.07, 6.45) is 2.13. The smallest absolute Gasteiger partial charge is 0.150 e. The molecule has 4 heteroatoms. The normalized spacial score (nSPS) is 17.5. The van der Waals surface area contributed by atoms with Gasteiger partial charge in [0, 0.05) is 17.1 Å². The average molecular weight is 245 g/mol. The molecular weight excluding hydrogens is 234 g/mol. The van der Waals surface area contributed by atoms with Gasteiger partial charge in [0.05, 0.1) is 17.3 Å². The summed E-state index contributed by atoms with van der Waals surface area (Å²) >= 11 is 1.52. The number of ketones is 1. The van der Waals surface area contributed by atoms with Crippen LogP contribution in [0, 0.1) is 0 Å². The van der Waals surface area contributed by atoms with E-state index in [9.17, 15) is 4.79 Å². The van der Waals surface area contributed by atoms with Crippen LogP contribution in [-0.2, 0) is 11.2 Å². The fourth-order valence-corrected chi connectivity index (χ4v) is 2.67. The van der Waals surface area contributed by atoms with Crippen molar-refractivity contribution in [1.82, 2.24) is 4.98 Å². The van der Waals surface area contributed by atoms with Crippen LogP contribution in [0.5, 0.6) is 5.75 Å². The highest BCUT2D eigenvalue weighted by molar-refractivity contribution is 7.09. The van der Waals surface area contributed by atoms with Gasteiger partial charge in [-0.05, 0) is 6.07 Å². The molecule has 1 aromatic heterocycles. The second-order valence-electron chi connectivity index (χ2n) is 3.97. The van der Waals surface area contributed by atoms with E-state index in [4.69, 9.17) is 4.74 Å². The van der Waals surface area contributed by atoms with Gasteiger partial charge in [0.2, 0.25) is 0 Å². The highest BCUT2D eigenvalue weighted by Crippen LogP contribution is 2.34. The number of carbonyl (C=O) groups is 1. The van der Waals surface area contributed by atoms with Crippen LogP contribution in [0.1, 0.15) is 16.5 Å². The second kappa shape index (κ2) is 4.30. The fraction of sp³-hybridized carbons (Fsp3) is 0.231. The lowest BCUT2D eigenvalue weighted by molar-refractivity contribution is -0.120. The van der Waals surface area contributed by atoms with Crippen molar-refractivity contribution < 1.29 is 9.53 Å². The molecule has 0 radical (unpaired) electrons. The number of benzene rings is 1. The van der Waals surface area contributed by atoms with Crippen molar-refractivity contribution in [3.63, 3.8) is 0 Å². The molecule has 2 heterocycles. The third kappa shape index (κ3) is 1.96. The lowest BCUT2D eigenvalue weighted by Crippen LogP contribution is -2.16. The summed E-state index contributed by atoms with van der Waals surface area (Å²) in [6, 6.07) is 7.74. The highest BCUT2D eigenvalue weighted by atomic mass is 32.1. The molecule has 1 aromatic carbocycles. The molecule has 0 spiro atoms. The van der Waals surface area contributed by atoms with Crippen LogP contribution in [0.15, 0.2) is 35.8 Å². The number of Topliss-reactive ketones (excluding diaryl/α,β-unsaturated/α-hetero) is 1. The van der Waals surface area contributed by atoms with E-state index in [-0.39, 0.29) is 11.7 Å². The third-order valence-electron chi connectivity index (χ3n) is 2.90. The van der Waals surface area contributed by atoms with Crippen LogP contribution in [-0.4, -0.2) is 17.4 Å². The van der Waals surface area contributed by atoms with E-state index in [1.54, 1.807) is 6.20 Å². The van der Waals surface area contributed by atoms with Gasteiger partial charge in [-0.1, -0.05) is 18.2 Å². The van der Waals surface area contributed by atoms with Gasteiger partial charge < -0.3 is 4.74 Å². The number of para-hydroxylation sites is 1. The summed E-state index contributed by atoms with van der Waals surface area (Å²) in [5.74, 6) is 0.894. The first-order valence-corrected chi connectivity index (χ1v) is 6.35. The van der Waals surface area contributed by atoms with Gasteiger partial charge in [0.25, 0.3) is 0 Å². The van der Waals surface area contributed by atoms with E-state index in [2.05, 4.69) is 4.98 Å². The average Bonchev–Trinajstić information content (AvgIpc) is 2.96. The number of hydrogen-bond donors (Lipinski definition) is 0. The Morgan fingerprint density at radius 3 is 3.18 bits per heavy atom. The fourth-order valence-electron chi connectivity index (χ4n) is 2.04. The van der Waals surface area contributed by atoms with Crippen molar-refractivity contribution in [1.29, 1.82) is 0 Å². The van der Waals surface area contributed by atoms with E-state index in [1.165, 1.54) is 11.3 Å². The van der Waals surface area contributed by atoms with Crippen LogP contribution in [0.2, 0.25) is 0 Å². The monoisotopic (exact) mass is 245 g/mol. The first-order chi connectivity index (χ1) is 8.34. The predicted molar refractivity (Wildman–Crippen MR) is 65.5 cm³/mol. The van der Waals surface area contributed by atoms with Crippen molar-refractivity contribution in [2.45, 2.75) is 12.3 Å². The summed E-state index contributed by atoms with van der Waals surface area (Å²) in [5.41, 5.74) is 1.01. The van der Waals surface area contributed by atoms with Crippen molar-refractivity contribution in [3.05, 3.63) is 46.4 Å². The van der Waals surface area contributed by atoms with E-state index in [0.29, 0.717) is 13.0 Å². The number of rotatable bonds is 3. The molecule has 0 saturated carbocycles. The number of hydrogen-bond acceptors (Lipinski definition) is 4. The molecule has 0 aliphatic carbocycles. The van der Waals surface area contributed by atoms with E-state index in [0.717, 1.165) is 16.3 Å². The minimum absolute atomic E-state index is 0.130. The Balaban J connectivity index is 1.80. The topological polar surface area (TPSA) is 39.2 Å². The summed E-state index contributed by atoms with van der Waals surface area (Å²) in [6.45, 7) is 0.462. The first-order valence-electron chi connectivity index (χ1n) is 5.47. The van der Waals surface area contributed by atoms with E-state index < -0.39 is 0 Å². The first kappa shape index (κ1) is 10.5. The Morgan fingerprint density at radius 1 is 1.47 bits per heavy atom. The molecule has 1 atom stereocenters. The molecule has 2 aromatic rings. The molecule has 0 amide bonds. The Morgan fingerprint density at radius 2 is 2.35 bits per heavy atom. The summed E-state index contributed by atoms with van der Waals surface area (Å²) in [7, 11) is 0. The zero-order valence-corrected chi connectivity index (χ0v) is 9.94. The van der Waals surface area contributed by atoms with Gasteiger partial charge in [0.1, 0.15) is 12.4 Å². The molecule has 3 nitrogen and oxygen atoms in total. The van der Waals surface area contributed by atoms with Crippen LogP contribution in [0.3, 0.4) is 0 Å². The van der Waals surface area contributed by atoms with E-state index in [1.807, 2.05) is 29.6 Å². The maximum Gasteiger partial charge on any atom is 0.150 e. The van der Waals surface area contributed by atoms with Gasteiger partial charge in [-0.3, -0.25) is 4.79 Å². The Kier molecular flexibility index (Phi) is 2.65. The zero-order chi connectivity index (χ0) is 11.7. The maximum absolute atomic E-state index is 12.2. The molecule has 0 bridgehead atoms. The molecule has 1 aliphatic heterocycles. The maximum atomic E-state index is 12.2. The van der Waals surface area contributed by atoms with Crippen LogP contribution in [0.4, 0.5) is 0 Å². The van der Waals surface area contributed by atoms with Crippen molar-refractivity contribution >= 4 is 17.1 Å². The van der Waals surface area contributed by atoms with Crippen molar-refractivity contribution in [3.8, 4) is 5.75 Å². The quantitative estimate of drug-likeness (QED) is 0.833. The minimum atomic E-state index is -0.130. The molecule has 1 unspecified atom stereocenters. The van der Waals surface area contributed by atoms with Gasteiger partial charge in [-0.15, -0.1) is 11.3 Å². The van der Waals surface area contributed by atoms with Gasteiger partial charge in [-0.25, -0.2) is 4.98 Å². The van der Waals surface area contributed by atoms with Crippen LogP contribution in [0.25, 0.3) is 0 Å². The molecule has 86 valence electrons. The molecule has 0 fully saturated rings. The highest BCUT2D eigenvalue weighted by Gasteiger charge is 2.29. The second-order valence-corrected chi connectivity index (χ2v) is 4.95. The minimum Gasteiger partial charge on any atom is -0.492 e. The lowest BCUT2D eigenvalue weighted by atomic mass is 9.95. The largest absolute Gasteiger partial charge is 0.492 e. The van der Waals surface area contributed by atoms with Crippen LogP contribution < -0.4 is 4.74 Å². The number of carbonyl (C=O) groups excluding carboxylic acids is 1. The summed E-state index contributed by atoms with van der Waals surface area (Å²) < 4.78 is 5.51. The Bertz CT molecular complexity index is 536. The molecule has 0 saturated heterocycles. The predicted octanol–water partition coefficient (Wildman–Crippen LogP) is 2.43. The van der Waals surface area contributed by atoms with Crippen LogP contribution >= 0.6 is 11.3 Å². The number of ether oxygens (including phenoxy) is 1. The van der Waals surface area contributed by atoms with E-state index >= 15 is 0 Å². The number of aromatic nitrogens is 1. The standard InChI is InChI=1S/C13H11NO2S/c15-11(7-13-14-5-6-17-13)10-8-16-12-4-2-1-3-9(10)12/h1-6,10H,7-8H2. The number of fused-ring (bicyclic) bond motifs is 1. The van der Waals surface area contributed by atoms with Crippen molar-refractivity contribution in [2.75, 3.05) is 6.61 Å². The molecule has 17 heavy (non-hydrogen) atoms. The summed E-state index contributed by atoms with van der Waals surface area (Å²) in [4.78, 5) is 16.3. The third-order valence-corrected chi connectivity index (χ3v) is 3.68. The molecule has 3 rings (SSSR count). The molecular formula is C13H11NO2S. The van der Waals surface area contributed by atoms with Crippen molar-refractivity contribution in [2.24, 2.45) is 0 Å². The Hall–Kier alpha value is -1.68. The van der Waals surface area contributed by atoms with Gasteiger partial charge in [-0.2, -0.15) is 0 Å². The number of thiazole rings is 1.